The number of hydrogen-bond acceptors (Lipinski definition) is 3. The zero-order valence-electron chi connectivity index (χ0n) is 12.0. The van der Waals surface area contributed by atoms with Crippen LogP contribution in [0.3, 0.4) is 0 Å². The molecule has 0 radical (unpaired) electrons. The predicted octanol–water partition coefficient (Wildman–Crippen LogP) is 3.88. The van der Waals surface area contributed by atoms with Crippen molar-refractivity contribution >= 4 is 0 Å². The molecule has 1 aliphatic rings. The second-order valence-electron chi connectivity index (χ2n) is 5.29. The quantitative estimate of drug-likeness (QED) is 0.739. The fourth-order valence-corrected chi connectivity index (χ4v) is 2.02. The topological polar surface area (TPSA) is 30.5 Å². The molecule has 1 N–H and O–H groups in total. The van der Waals surface area contributed by atoms with Gasteiger partial charge in [-0.2, -0.15) is 0 Å². The van der Waals surface area contributed by atoms with E-state index in [1.165, 1.54) is 31.0 Å². The van der Waals surface area contributed by atoms with Gasteiger partial charge in [-0.05, 0) is 51.3 Å². The average molecular weight is 303 g/mol. The van der Waals surface area contributed by atoms with E-state index >= 15 is 0 Å². The molecule has 1 unspecified atom stereocenters. The molecule has 0 aliphatic heterocycles. The Kier molecular flexibility index (Phi) is 5.33. The van der Waals surface area contributed by atoms with Crippen LogP contribution in [0.5, 0.6) is 11.5 Å². The first-order valence-electron chi connectivity index (χ1n) is 7.19. The minimum atomic E-state index is -4.71. The number of alkyl halides is 3. The summed E-state index contributed by atoms with van der Waals surface area (Å²) in [7, 11) is 0. The Morgan fingerprint density at radius 3 is 2.52 bits per heavy atom. The van der Waals surface area contributed by atoms with E-state index in [9.17, 15) is 13.2 Å². The van der Waals surface area contributed by atoms with Gasteiger partial charge in [-0.15, -0.1) is 13.2 Å². The molecule has 0 heterocycles. The zero-order chi connectivity index (χ0) is 15.3. The van der Waals surface area contributed by atoms with E-state index in [0.717, 1.165) is 19.4 Å². The van der Waals surface area contributed by atoms with Crippen LogP contribution in [0.4, 0.5) is 13.2 Å². The maximum Gasteiger partial charge on any atom is 0.573 e. The van der Waals surface area contributed by atoms with Crippen LogP contribution in [0.15, 0.2) is 24.3 Å². The lowest BCUT2D eigenvalue weighted by Gasteiger charge is -2.18. The van der Waals surface area contributed by atoms with Crippen molar-refractivity contribution in [1.82, 2.24) is 5.32 Å². The molecule has 0 spiro atoms. The molecule has 0 bridgehead atoms. The average Bonchev–Trinajstić information content (AvgIpc) is 3.19. The van der Waals surface area contributed by atoms with Crippen molar-refractivity contribution in [3.63, 3.8) is 0 Å². The van der Waals surface area contributed by atoms with Crippen LogP contribution >= 0.6 is 0 Å². The summed E-state index contributed by atoms with van der Waals surface area (Å²) in [6, 6.07) is 6.52. The van der Waals surface area contributed by atoms with E-state index < -0.39 is 6.36 Å². The fourth-order valence-electron chi connectivity index (χ4n) is 2.02. The van der Waals surface area contributed by atoms with Crippen molar-refractivity contribution in [2.75, 3.05) is 6.54 Å². The molecule has 1 aromatic carbocycles. The molecule has 1 fully saturated rings. The van der Waals surface area contributed by atoms with Crippen molar-refractivity contribution < 1.29 is 22.6 Å². The Morgan fingerprint density at radius 2 is 1.90 bits per heavy atom. The van der Waals surface area contributed by atoms with Crippen LogP contribution in [-0.4, -0.2) is 25.1 Å². The minimum absolute atomic E-state index is 0.123. The lowest BCUT2D eigenvalue weighted by Crippen LogP contribution is -2.21. The lowest BCUT2D eigenvalue weighted by molar-refractivity contribution is -0.275. The lowest BCUT2D eigenvalue weighted by atomic mass is 10.2. The summed E-state index contributed by atoms with van der Waals surface area (Å²) in [6.07, 6.45) is -0.678. The van der Waals surface area contributed by atoms with Crippen molar-refractivity contribution in [3.05, 3.63) is 24.3 Å². The molecule has 1 aliphatic carbocycles. The smallest absolute Gasteiger partial charge is 0.487 e. The van der Waals surface area contributed by atoms with Crippen LogP contribution in [0.2, 0.25) is 0 Å². The molecule has 0 aromatic heterocycles. The van der Waals surface area contributed by atoms with E-state index in [1.54, 1.807) is 6.07 Å². The second kappa shape index (κ2) is 7.02. The van der Waals surface area contributed by atoms with Crippen LogP contribution in [0.1, 0.15) is 32.6 Å². The van der Waals surface area contributed by atoms with E-state index in [2.05, 4.69) is 10.1 Å². The van der Waals surface area contributed by atoms with Crippen LogP contribution in [0.25, 0.3) is 0 Å². The Labute approximate surface area is 122 Å². The predicted molar refractivity (Wildman–Crippen MR) is 73.5 cm³/mol. The molecule has 21 heavy (non-hydrogen) atoms. The molecule has 2 rings (SSSR count). The van der Waals surface area contributed by atoms with Crippen molar-refractivity contribution in [2.24, 2.45) is 0 Å². The third-order valence-electron chi connectivity index (χ3n) is 3.20. The van der Waals surface area contributed by atoms with Gasteiger partial charge in [0.15, 0.2) is 11.5 Å². The first-order chi connectivity index (χ1) is 9.94. The summed E-state index contributed by atoms with van der Waals surface area (Å²) in [5.41, 5.74) is 0. The molecule has 3 nitrogen and oxygen atoms in total. The third kappa shape index (κ3) is 6.25. The SMILES string of the molecule is CC(CCCNC1CC1)Oc1ccccc1OC(F)(F)F. The highest BCUT2D eigenvalue weighted by Gasteiger charge is 2.32. The summed E-state index contributed by atoms with van der Waals surface area (Å²) in [6.45, 7) is 2.76. The Balaban J connectivity index is 1.80. The van der Waals surface area contributed by atoms with Gasteiger partial charge in [-0.1, -0.05) is 12.1 Å². The minimum Gasteiger partial charge on any atom is -0.487 e. The maximum absolute atomic E-state index is 12.3. The van der Waals surface area contributed by atoms with Gasteiger partial charge in [-0.3, -0.25) is 0 Å². The van der Waals surface area contributed by atoms with Gasteiger partial charge in [0.1, 0.15) is 0 Å². The summed E-state index contributed by atoms with van der Waals surface area (Å²) < 4.78 is 46.4. The number of hydrogen-bond donors (Lipinski definition) is 1. The Hall–Kier alpha value is -1.43. The summed E-state index contributed by atoms with van der Waals surface area (Å²) in [4.78, 5) is 0. The van der Waals surface area contributed by atoms with E-state index in [4.69, 9.17) is 4.74 Å². The van der Waals surface area contributed by atoms with E-state index in [0.29, 0.717) is 6.04 Å². The van der Waals surface area contributed by atoms with Gasteiger partial charge in [0, 0.05) is 6.04 Å². The first kappa shape index (κ1) is 15.9. The van der Waals surface area contributed by atoms with Crippen LogP contribution in [0, 0.1) is 0 Å². The highest BCUT2D eigenvalue weighted by molar-refractivity contribution is 5.39. The van der Waals surface area contributed by atoms with Gasteiger partial charge in [-0.25, -0.2) is 0 Å². The molecule has 0 amide bonds. The van der Waals surface area contributed by atoms with E-state index in [-0.39, 0.29) is 17.6 Å². The number of para-hydroxylation sites is 2. The summed E-state index contributed by atoms with van der Waals surface area (Å²) in [5, 5.41) is 3.39. The Bertz CT molecular complexity index is 447. The molecule has 6 heteroatoms. The van der Waals surface area contributed by atoms with Gasteiger partial charge >= 0.3 is 6.36 Å². The third-order valence-corrected chi connectivity index (χ3v) is 3.20. The monoisotopic (exact) mass is 303 g/mol. The highest BCUT2D eigenvalue weighted by Crippen LogP contribution is 2.32. The molecular formula is C15H20F3NO2. The van der Waals surface area contributed by atoms with E-state index in [1.807, 2.05) is 6.92 Å². The fraction of sp³-hybridized carbons (Fsp3) is 0.600. The number of halogens is 3. The van der Waals surface area contributed by atoms with Crippen LogP contribution < -0.4 is 14.8 Å². The summed E-state index contributed by atoms with van der Waals surface area (Å²) in [5.74, 6) is -0.176. The number of ether oxygens (including phenoxy) is 2. The maximum atomic E-state index is 12.3. The van der Waals surface area contributed by atoms with Gasteiger partial charge < -0.3 is 14.8 Å². The molecule has 1 atom stereocenters. The summed E-state index contributed by atoms with van der Waals surface area (Å²) >= 11 is 0. The largest absolute Gasteiger partial charge is 0.573 e. The van der Waals surface area contributed by atoms with Crippen LogP contribution in [-0.2, 0) is 0 Å². The standard InChI is InChI=1S/C15H20F3NO2/c1-11(5-4-10-19-12-8-9-12)20-13-6-2-3-7-14(13)21-15(16,17)18/h2-3,6-7,11-12,19H,4-5,8-10H2,1H3. The zero-order valence-corrected chi connectivity index (χ0v) is 12.0. The Morgan fingerprint density at radius 1 is 1.24 bits per heavy atom. The van der Waals surface area contributed by atoms with Gasteiger partial charge in [0.2, 0.25) is 0 Å². The number of rotatable bonds is 8. The van der Waals surface area contributed by atoms with Crippen molar-refractivity contribution in [3.8, 4) is 11.5 Å². The second-order valence-corrected chi connectivity index (χ2v) is 5.29. The molecule has 1 aromatic rings. The van der Waals surface area contributed by atoms with Gasteiger partial charge in [0.25, 0.3) is 0 Å². The molecule has 0 saturated heterocycles. The number of benzene rings is 1. The first-order valence-corrected chi connectivity index (χ1v) is 7.19. The van der Waals surface area contributed by atoms with Gasteiger partial charge in [0.05, 0.1) is 6.10 Å². The highest BCUT2D eigenvalue weighted by atomic mass is 19.4. The normalized spacial score (nSPS) is 16.6. The van der Waals surface area contributed by atoms with Crippen molar-refractivity contribution in [2.45, 2.75) is 51.1 Å². The molecular weight excluding hydrogens is 283 g/mol. The number of nitrogens with one attached hydrogen (secondary N) is 1. The molecule has 1 saturated carbocycles. The molecule has 118 valence electrons. The van der Waals surface area contributed by atoms with Crippen molar-refractivity contribution in [1.29, 1.82) is 0 Å².